The summed E-state index contributed by atoms with van der Waals surface area (Å²) in [4.78, 5) is 29.2. The number of halogens is 18. The van der Waals surface area contributed by atoms with Gasteiger partial charge in [0.05, 0.1) is 33.4 Å². The molecule has 0 saturated heterocycles. The van der Waals surface area contributed by atoms with Gasteiger partial charge in [0.15, 0.2) is 0 Å². The first kappa shape index (κ1) is 55.0. The second-order valence-corrected chi connectivity index (χ2v) is 15.7. The van der Waals surface area contributed by atoms with Crippen molar-refractivity contribution in [2.75, 3.05) is 0 Å². The molecule has 0 N–H and O–H groups in total. The molecular weight excluding hydrogens is 1260 g/mol. The van der Waals surface area contributed by atoms with Crippen molar-refractivity contribution in [1.82, 2.24) is 4.57 Å². The molecule has 9 aromatic rings. The summed E-state index contributed by atoms with van der Waals surface area (Å²) in [5, 5.41) is -4.01. The molecule has 24 heteroatoms. The largest absolute Gasteiger partial charge is 0.455 e. The molecule has 9 rings (SSSR count). The van der Waals surface area contributed by atoms with Crippen LogP contribution in [-0.4, -0.2) is 4.57 Å². The topological polar surface area (TPSA) is 52.2 Å². The van der Waals surface area contributed by atoms with E-state index in [1.54, 1.807) is 0 Å². The minimum absolute atomic E-state index is 0. The van der Waals surface area contributed by atoms with Crippen molar-refractivity contribution < 1.29 is 166 Å². The summed E-state index contributed by atoms with van der Waals surface area (Å²) in [6.45, 7) is 0. The van der Waals surface area contributed by atoms with Crippen molar-refractivity contribution in [3.8, 4) is 39.1 Å². The molecule has 2 heterocycles. The van der Waals surface area contributed by atoms with Crippen LogP contribution < -0.4 is 11.1 Å². The fourth-order valence-corrected chi connectivity index (χ4v) is 8.23. The first-order chi connectivity index (χ1) is 32.3. The van der Waals surface area contributed by atoms with Crippen molar-refractivity contribution in [3.05, 3.63) is 169 Å². The standard InChI is InChI=1S/C48H17F18NO3.2Pr/c49-43(50,51)24-8-21(9-25(15-24)44(52,53)54)20-6-7-36-33(14-20)37-31(22-10-26(45(55,56)57)16-27(11-22)46(58,59)60)18-34-38-35(42(69)67(41(34)68)30-4-2-1-3-5-30)19-32(40(70-36)39(37)38)23-12-28(47(61,62)63)17-29(13-23)48(64,65)66;;/h1-3,6-19H;;/q-2;;. The molecule has 0 atom stereocenters. The summed E-state index contributed by atoms with van der Waals surface area (Å²) in [6.07, 6.45) is -32.9. The molecule has 7 aromatic carbocycles. The molecule has 72 heavy (non-hydrogen) atoms. The third-order valence-electron chi connectivity index (χ3n) is 11.3. The smallest absolute Gasteiger partial charge is 0.416 e. The Kier molecular flexibility index (Phi) is 14.2. The Morgan fingerprint density at radius 3 is 1.17 bits per heavy atom. The third-order valence-corrected chi connectivity index (χ3v) is 11.3. The maximum atomic E-state index is 14.6. The van der Waals surface area contributed by atoms with Crippen LogP contribution in [0.2, 0.25) is 0 Å². The van der Waals surface area contributed by atoms with E-state index in [1.165, 1.54) is 18.2 Å². The van der Waals surface area contributed by atoms with Gasteiger partial charge in [0.1, 0.15) is 11.2 Å². The van der Waals surface area contributed by atoms with Gasteiger partial charge in [-0.15, -0.1) is 0 Å². The van der Waals surface area contributed by atoms with E-state index in [-0.39, 0.29) is 137 Å². The predicted molar refractivity (Wildman–Crippen MR) is 216 cm³/mol. The van der Waals surface area contributed by atoms with E-state index >= 15 is 0 Å². The van der Waals surface area contributed by atoms with Crippen LogP contribution in [0.1, 0.15) is 33.4 Å². The average Bonchev–Trinajstić information content (AvgIpc) is 3.26. The Labute approximate surface area is 455 Å². The number of fused-ring (bicyclic) bond motifs is 2. The normalized spacial score (nSPS) is 13.0. The van der Waals surface area contributed by atoms with Crippen LogP contribution in [0.4, 0.5) is 79.0 Å². The number of benzene rings is 7. The Morgan fingerprint density at radius 2 is 0.764 bits per heavy atom. The molecule has 366 valence electrons. The quantitative estimate of drug-likeness (QED) is 0.0764. The third kappa shape index (κ3) is 9.97. The van der Waals surface area contributed by atoms with Crippen LogP contribution in [0, 0.1) is 94.7 Å². The van der Waals surface area contributed by atoms with E-state index in [9.17, 15) is 88.6 Å². The Hall–Kier alpha value is -4.79. The molecule has 0 unspecified atom stereocenters. The molecule has 0 fully saturated rings. The molecule has 0 bridgehead atoms. The predicted octanol–water partition coefficient (Wildman–Crippen LogP) is 15.6. The number of para-hydroxylation sites is 1. The van der Waals surface area contributed by atoms with Crippen LogP contribution in [0.3, 0.4) is 0 Å². The number of hydrogen-bond acceptors (Lipinski definition) is 3. The van der Waals surface area contributed by atoms with E-state index in [2.05, 4.69) is 12.1 Å². The summed E-state index contributed by atoms with van der Waals surface area (Å²) < 4.78 is 264. The SMILES string of the molecule is O=c1c2cc(-c3cc(C(F)(F)F)cc(C(F)(F)F)c3)c3oc4ccc(-c5cc(C(F)(F)F)cc(C(F)(F)F)c5)cc4c4c(-c5cc(C(F)(F)F)cc(C(F)(F)F)c5)cc(c(=O)n1-c1[c-]ccc[c-]1)c2c34.[Pr].[Pr]. The summed E-state index contributed by atoms with van der Waals surface area (Å²) in [5.74, 6) is 0. The minimum Gasteiger partial charge on any atom is -0.455 e. The van der Waals surface area contributed by atoms with Gasteiger partial charge in [-0.25, -0.2) is 0 Å². The zero-order valence-corrected chi connectivity index (χ0v) is 42.4. The van der Waals surface area contributed by atoms with E-state index in [0.29, 0.717) is 4.57 Å². The van der Waals surface area contributed by atoms with Gasteiger partial charge >= 0.3 is 37.1 Å². The zero-order chi connectivity index (χ0) is 51.0. The first-order valence-electron chi connectivity index (χ1n) is 19.5. The fraction of sp³-hybridized carbons (Fsp3) is 0.125. The summed E-state index contributed by atoms with van der Waals surface area (Å²) in [7, 11) is 0. The number of rotatable bonds is 4. The maximum Gasteiger partial charge on any atom is 0.416 e. The molecule has 0 aliphatic heterocycles. The van der Waals surface area contributed by atoms with Crippen molar-refractivity contribution >= 4 is 43.5 Å². The number of nitrogens with zero attached hydrogens (tertiary/aromatic N) is 1. The monoisotopic (exact) mass is 1280 g/mol. The van der Waals surface area contributed by atoms with E-state index in [4.69, 9.17) is 4.42 Å². The summed E-state index contributed by atoms with van der Waals surface area (Å²) >= 11 is 0. The second-order valence-electron chi connectivity index (χ2n) is 15.7. The molecule has 0 aliphatic rings. The molecule has 2 radical (unpaired) electrons. The van der Waals surface area contributed by atoms with Crippen molar-refractivity contribution in [2.24, 2.45) is 0 Å². The molecule has 0 aliphatic carbocycles. The van der Waals surface area contributed by atoms with Crippen molar-refractivity contribution in [2.45, 2.75) is 37.1 Å². The summed E-state index contributed by atoms with van der Waals surface area (Å²) in [6, 6.07) is 13.3. The van der Waals surface area contributed by atoms with Crippen LogP contribution in [0.25, 0.3) is 82.6 Å². The second kappa shape index (κ2) is 18.5. The fourth-order valence-electron chi connectivity index (χ4n) is 8.23. The molecular formula is C48H17F18NO3Pr2-2. The number of pyridine rings is 1. The van der Waals surface area contributed by atoms with Gasteiger partial charge < -0.3 is 16.5 Å². The summed E-state index contributed by atoms with van der Waals surface area (Å²) in [5.41, 5.74) is -21.0. The number of hydrogen-bond donors (Lipinski definition) is 0. The molecule has 0 amide bonds. The van der Waals surface area contributed by atoms with Crippen molar-refractivity contribution in [3.63, 3.8) is 0 Å². The van der Waals surface area contributed by atoms with Crippen LogP contribution in [-0.2, 0) is 37.1 Å². The number of alkyl halides is 18. The van der Waals surface area contributed by atoms with Crippen LogP contribution in [0.15, 0.2) is 117 Å². The number of aromatic nitrogens is 1. The van der Waals surface area contributed by atoms with E-state index < -0.39 is 164 Å². The van der Waals surface area contributed by atoms with Gasteiger partial charge in [0, 0.05) is 120 Å². The van der Waals surface area contributed by atoms with Gasteiger partial charge in [0.25, 0.3) is 11.1 Å². The Bertz CT molecular complexity index is 3610. The molecule has 4 nitrogen and oxygen atoms in total. The van der Waals surface area contributed by atoms with E-state index in [1.807, 2.05) is 0 Å². The van der Waals surface area contributed by atoms with Crippen molar-refractivity contribution in [1.29, 1.82) is 0 Å². The van der Waals surface area contributed by atoms with Gasteiger partial charge in [-0.05, 0) is 107 Å². The Morgan fingerprint density at radius 1 is 0.389 bits per heavy atom. The van der Waals surface area contributed by atoms with Gasteiger partial charge in [-0.2, -0.15) is 84.7 Å². The van der Waals surface area contributed by atoms with Gasteiger partial charge in [-0.3, -0.25) is 32.4 Å². The average molecular weight is 1280 g/mol. The molecule has 0 spiro atoms. The van der Waals surface area contributed by atoms with Crippen LogP contribution in [0.5, 0.6) is 0 Å². The zero-order valence-electron chi connectivity index (χ0n) is 34.9. The van der Waals surface area contributed by atoms with Crippen LogP contribution >= 0.6 is 0 Å². The first-order valence-corrected chi connectivity index (χ1v) is 19.5. The van der Waals surface area contributed by atoms with Gasteiger partial charge in [-0.1, -0.05) is 6.07 Å². The van der Waals surface area contributed by atoms with E-state index in [0.717, 1.165) is 30.3 Å². The van der Waals surface area contributed by atoms with Gasteiger partial charge in [0.2, 0.25) is 0 Å². The minimum atomic E-state index is -5.55. The maximum absolute atomic E-state index is 14.6. The molecule has 2 aromatic heterocycles. The Balaban J connectivity index is 0.00000380. The molecule has 0 saturated carbocycles.